The van der Waals surface area contributed by atoms with Crippen molar-refractivity contribution in [3.05, 3.63) is 36.0 Å². The molecule has 15 heavy (non-hydrogen) atoms. The minimum atomic E-state index is -0.242. The minimum Gasteiger partial charge on any atom is -0.497 e. The van der Waals surface area contributed by atoms with Gasteiger partial charge in [0.15, 0.2) is 0 Å². The van der Waals surface area contributed by atoms with E-state index >= 15 is 0 Å². The predicted molar refractivity (Wildman–Crippen MR) is 59.6 cm³/mol. The van der Waals surface area contributed by atoms with E-state index in [4.69, 9.17) is 4.74 Å². The first-order valence-corrected chi connectivity index (χ1v) is 4.55. The number of carbonyl (C=O) groups is 1. The standard InChI is InChI=1S/C11H14N2O2/c1-12-11(14)13-7-6-9-4-3-5-10(8-9)15-2/h3-8H,1-2H3,(H2,12,13,14)/b7-6+. The molecule has 1 aromatic carbocycles. The monoisotopic (exact) mass is 206 g/mol. The van der Waals surface area contributed by atoms with Gasteiger partial charge in [0.05, 0.1) is 7.11 Å². The average molecular weight is 206 g/mol. The third-order valence-corrected chi connectivity index (χ3v) is 1.81. The van der Waals surface area contributed by atoms with E-state index in [-0.39, 0.29) is 6.03 Å². The number of amides is 2. The molecule has 1 rings (SSSR count). The van der Waals surface area contributed by atoms with Crippen LogP contribution >= 0.6 is 0 Å². The Hall–Kier alpha value is -1.97. The van der Waals surface area contributed by atoms with Crippen molar-refractivity contribution in [1.29, 1.82) is 0 Å². The Bertz CT molecular complexity index is 361. The summed E-state index contributed by atoms with van der Waals surface area (Å²) in [5.74, 6) is 0.789. The lowest BCUT2D eigenvalue weighted by Crippen LogP contribution is -2.28. The fourth-order valence-corrected chi connectivity index (χ4v) is 1.03. The van der Waals surface area contributed by atoms with Crippen LogP contribution in [0.4, 0.5) is 4.79 Å². The van der Waals surface area contributed by atoms with Crippen LogP contribution in [0.5, 0.6) is 5.75 Å². The third-order valence-electron chi connectivity index (χ3n) is 1.81. The highest BCUT2D eigenvalue weighted by Gasteiger charge is 1.92. The summed E-state index contributed by atoms with van der Waals surface area (Å²) in [5, 5.41) is 4.99. The summed E-state index contributed by atoms with van der Waals surface area (Å²) in [6.07, 6.45) is 3.37. The Balaban J connectivity index is 2.59. The van der Waals surface area contributed by atoms with Crippen molar-refractivity contribution in [2.75, 3.05) is 14.2 Å². The van der Waals surface area contributed by atoms with Crippen molar-refractivity contribution in [2.24, 2.45) is 0 Å². The van der Waals surface area contributed by atoms with E-state index in [9.17, 15) is 4.79 Å². The van der Waals surface area contributed by atoms with Gasteiger partial charge in [-0.1, -0.05) is 12.1 Å². The fraction of sp³-hybridized carbons (Fsp3) is 0.182. The summed E-state index contributed by atoms with van der Waals surface area (Å²) in [5.41, 5.74) is 0.964. The van der Waals surface area contributed by atoms with Gasteiger partial charge in [-0.15, -0.1) is 0 Å². The average Bonchev–Trinajstić information content (AvgIpc) is 2.29. The Morgan fingerprint density at radius 3 is 2.93 bits per heavy atom. The van der Waals surface area contributed by atoms with Crippen LogP contribution in [-0.4, -0.2) is 20.2 Å². The van der Waals surface area contributed by atoms with E-state index in [1.54, 1.807) is 26.4 Å². The van der Waals surface area contributed by atoms with Gasteiger partial charge in [-0.05, 0) is 23.8 Å². The number of rotatable bonds is 3. The molecule has 0 saturated heterocycles. The molecule has 0 bridgehead atoms. The molecular formula is C11H14N2O2. The van der Waals surface area contributed by atoms with Crippen LogP contribution in [0, 0.1) is 0 Å². The molecule has 0 aliphatic carbocycles. The van der Waals surface area contributed by atoms with Crippen LogP contribution in [-0.2, 0) is 0 Å². The number of hydrogen-bond donors (Lipinski definition) is 2. The van der Waals surface area contributed by atoms with Crippen molar-refractivity contribution in [2.45, 2.75) is 0 Å². The molecule has 2 amide bonds. The van der Waals surface area contributed by atoms with Crippen LogP contribution < -0.4 is 15.4 Å². The van der Waals surface area contributed by atoms with E-state index in [1.807, 2.05) is 24.3 Å². The molecule has 0 aromatic heterocycles. The molecule has 2 N–H and O–H groups in total. The van der Waals surface area contributed by atoms with Gasteiger partial charge < -0.3 is 15.4 Å². The summed E-state index contributed by atoms with van der Waals surface area (Å²) < 4.78 is 5.07. The normalized spacial score (nSPS) is 10.0. The van der Waals surface area contributed by atoms with Crippen molar-refractivity contribution >= 4 is 12.1 Å². The van der Waals surface area contributed by atoms with E-state index in [2.05, 4.69) is 10.6 Å². The molecule has 0 radical (unpaired) electrons. The first-order chi connectivity index (χ1) is 7.26. The Morgan fingerprint density at radius 2 is 2.27 bits per heavy atom. The van der Waals surface area contributed by atoms with Crippen molar-refractivity contribution in [3.8, 4) is 5.75 Å². The van der Waals surface area contributed by atoms with Gasteiger partial charge in [-0.2, -0.15) is 0 Å². The number of ether oxygens (including phenoxy) is 1. The highest BCUT2D eigenvalue weighted by atomic mass is 16.5. The van der Waals surface area contributed by atoms with Gasteiger partial charge in [0, 0.05) is 13.2 Å². The summed E-state index contributed by atoms with van der Waals surface area (Å²) in [7, 11) is 3.18. The lowest BCUT2D eigenvalue weighted by Gasteiger charge is -2.00. The highest BCUT2D eigenvalue weighted by molar-refractivity contribution is 5.75. The molecule has 0 saturated carbocycles. The third kappa shape index (κ3) is 3.72. The second kappa shape index (κ2) is 5.70. The zero-order chi connectivity index (χ0) is 11.1. The molecule has 0 aliphatic rings. The molecule has 80 valence electrons. The maximum Gasteiger partial charge on any atom is 0.318 e. The van der Waals surface area contributed by atoms with Gasteiger partial charge in [0.25, 0.3) is 0 Å². The fourth-order valence-electron chi connectivity index (χ4n) is 1.03. The van der Waals surface area contributed by atoms with Crippen molar-refractivity contribution in [1.82, 2.24) is 10.6 Å². The Morgan fingerprint density at radius 1 is 1.47 bits per heavy atom. The molecule has 0 aliphatic heterocycles. The van der Waals surface area contributed by atoms with Crippen LogP contribution in [0.25, 0.3) is 6.08 Å². The molecule has 4 nitrogen and oxygen atoms in total. The zero-order valence-corrected chi connectivity index (χ0v) is 8.78. The summed E-state index contributed by atoms with van der Waals surface area (Å²) >= 11 is 0. The quantitative estimate of drug-likeness (QED) is 0.789. The van der Waals surface area contributed by atoms with Gasteiger partial charge in [0.1, 0.15) is 5.75 Å². The molecule has 0 spiro atoms. The number of benzene rings is 1. The van der Waals surface area contributed by atoms with E-state index in [0.717, 1.165) is 11.3 Å². The number of carbonyl (C=O) groups excluding carboxylic acids is 1. The lowest BCUT2D eigenvalue weighted by atomic mass is 10.2. The lowest BCUT2D eigenvalue weighted by molar-refractivity contribution is 0.246. The molecule has 0 heterocycles. The number of hydrogen-bond acceptors (Lipinski definition) is 2. The Kier molecular flexibility index (Phi) is 4.22. The number of nitrogens with one attached hydrogen (secondary N) is 2. The van der Waals surface area contributed by atoms with E-state index in [0.29, 0.717) is 0 Å². The summed E-state index contributed by atoms with van der Waals surface area (Å²) in [4.78, 5) is 10.8. The molecular weight excluding hydrogens is 192 g/mol. The topological polar surface area (TPSA) is 50.4 Å². The first-order valence-electron chi connectivity index (χ1n) is 4.55. The van der Waals surface area contributed by atoms with Gasteiger partial charge >= 0.3 is 6.03 Å². The maximum absolute atomic E-state index is 10.8. The number of urea groups is 1. The predicted octanol–water partition coefficient (Wildman–Crippen LogP) is 1.59. The molecule has 1 aromatic rings. The summed E-state index contributed by atoms with van der Waals surface area (Å²) in [6, 6.07) is 7.31. The highest BCUT2D eigenvalue weighted by Crippen LogP contribution is 2.13. The van der Waals surface area contributed by atoms with E-state index < -0.39 is 0 Å². The van der Waals surface area contributed by atoms with Crippen LogP contribution in [0.15, 0.2) is 30.5 Å². The van der Waals surface area contributed by atoms with Crippen LogP contribution in [0.3, 0.4) is 0 Å². The first kappa shape index (κ1) is 11.1. The van der Waals surface area contributed by atoms with Gasteiger partial charge in [-0.25, -0.2) is 4.79 Å². The van der Waals surface area contributed by atoms with Crippen LogP contribution in [0.1, 0.15) is 5.56 Å². The summed E-state index contributed by atoms with van der Waals surface area (Å²) in [6.45, 7) is 0. The molecule has 0 atom stereocenters. The van der Waals surface area contributed by atoms with E-state index in [1.165, 1.54) is 0 Å². The van der Waals surface area contributed by atoms with Crippen molar-refractivity contribution in [3.63, 3.8) is 0 Å². The molecule has 0 unspecified atom stereocenters. The largest absolute Gasteiger partial charge is 0.497 e. The zero-order valence-electron chi connectivity index (χ0n) is 8.78. The molecule has 0 fully saturated rings. The van der Waals surface area contributed by atoms with Gasteiger partial charge in [-0.3, -0.25) is 0 Å². The second-order valence-electron chi connectivity index (χ2n) is 2.83. The SMILES string of the molecule is CNC(=O)N/C=C/c1cccc(OC)c1. The molecule has 4 heteroatoms. The maximum atomic E-state index is 10.8. The van der Waals surface area contributed by atoms with Crippen LogP contribution in [0.2, 0.25) is 0 Å². The Labute approximate surface area is 88.9 Å². The van der Waals surface area contributed by atoms with Gasteiger partial charge in [0.2, 0.25) is 0 Å². The smallest absolute Gasteiger partial charge is 0.318 e. The van der Waals surface area contributed by atoms with Crippen molar-refractivity contribution < 1.29 is 9.53 Å². The minimum absolute atomic E-state index is 0.242. The second-order valence-corrected chi connectivity index (χ2v) is 2.83. The number of methoxy groups -OCH3 is 1.